The second-order valence-electron chi connectivity index (χ2n) is 6.34. The number of sulfonamides is 1. The highest BCUT2D eigenvalue weighted by atomic mass is 32.2. The Balaban J connectivity index is 2.45. The second kappa shape index (κ2) is 8.96. The Morgan fingerprint density at radius 3 is 2.60 bits per heavy atom. The van der Waals surface area contributed by atoms with Gasteiger partial charge in [0.1, 0.15) is 0 Å². The van der Waals surface area contributed by atoms with Crippen molar-refractivity contribution in [1.82, 2.24) is 4.31 Å². The van der Waals surface area contributed by atoms with Gasteiger partial charge in [0.05, 0.1) is 11.5 Å². The van der Waals surface area contributed by atoms with Crippen LogP contribution in [0.3, 0.4) is 0 Å². The molecule has 1 heterocycles. The average molecular weight is 436 g/mol. The van der Waals surface area contributed by atoms with Crippen LogP contribution in [0.15, 0.2) is 40.9 Å². The molecule has 0 amide bonds. The number of rotatable bonds is 6. The lowest BCUT2D eigenvalue weighted by molar-refractivity contribution is -0.387. The first kappa shape index (κ1) is 22.9. The Labute approximate surface area is 173 Å². The molecule has 0 spiro atoms. The molecule has 0 saturated carbocycles. The van der Waals surface area contributed by atoms with Crippen molar-refractivity contribution in [2.24, 2.45) is 0 Å². The molecule has 0 aromatic heterocycles. The Hall–Kier alpha value is -3.39. The molecule has 1 aromatic carbocycles. The van der Waals surface area contributed by atoms with E-state index in [-0.39, 0.29) is 19.6 Å². The Bertz CT molecular complexity index is 1070. The highest BCUT2D eigenvalue weighted by Gasteiger charge is 2.38. The molecule has 1 aromatic rings. The number of benzene rings is 1. The summed E-state index contributed by atoms with van der Waals surface area (Å²) in [5.74, 6) is 3.25. The van der Waals surface area contributed by atoms with Crippen LogP contribution in [0.4, 0.5) is 5.69 Å². The fourth-order valence-corrected chi connectivity index (χ4v) is 4.34. The fraction of sp³-hybridized carbons (Fsp3) is 0.368. The summed E-state index contributed by atoms with van der Waals surface area (Å²) in [5, 5.41) is 11.2. The minimum atomic E-state index is -4.24. The number of para-hydroxylation sites is 1. The van der Waals surface area contributed by atoms with Gasteiger partial charge < -0.3 is 9.47 Å². The van der Waals surface area contributed by atoms with Gasteiger partial charge in [-0.25, -0.2) is 13.2 Å². The van der Waals surface area contributed by atoms with E-state index in [1.807, 2.05) is 0 Å². The van der Waals surface area contributed by atoms with Gasteiger partial charge >= 0.3 is 11.9 Å². The Morgan fingerprint density at radius 1 is 1.33 bits per heavy atom. The topological polar surface area (TPSA) is 133 Å². The van der Waals surface area contributed by atoms with Gasteiger partial charge in [-0.1, -0.05) is 12.1 Å². The van der Waals surface area contributed by atoms with Crippen molar-refractivity contribution in [2.45, 2.75) is 37.7 Å². The summed E-state index contributed by atoms with van der Waals surface area (Å²) in [7, 11) is -4.24. The van der Waals surface area contributed by atoms with Crippen molar-refractivity contribution in [2.75, 3.05) is 13.2 Å². The lowest BCUT2D eigenvalue weighted by Gasteiger charge is -2.24. The quantitative estimate of drug-likeness (QED) is 0.217. The van der Waals surface area contributed by atoms with Gasteiger partial charge in [-0.2, -0.15) is 0 Å². The van der Waals surface area contributed by atoms with E-state index in [1.54, 1.807) is 6.92 Å². The van der Waals surface area contributed by atoms with Gasteiger partial charge in [-0.05, 0) is 32.3 Å². The number of nitrogens with zero attached hydrogens (tertiary/aromatic N) is 2. The Kier molecular flexibility index (Phi) is 6.84. The first-order valence-electron chi connectivity index (χ1n) is 8.87. The monoisotopic (exact) mass is 436 g/mol. The van der Waals surface area contributed by atoms with E-state index in [4.69, 9.17) is 9.47 Å². The molecule has 11 heteroatoms. The van der Waals surface area contributed by atoms with Crippen LogP contribution in [0, 0.1) is 22.0 Å². The number of hydrogen-bond donors (Lipinski definition) is 0. The number of nitro groups is 1. The lowest BCUT2D eigenvalue weighted by Crippen LogP contribution is -2.31. The van der Waals surface area contributed by atoms with Crippen molar-refractivity contribution in [3.63, 3.8) is 0 Å². The number of carbonyl (C=O) groups is 2. The maximum absolute atomic E-state index is 13.0. The van der Waals surface area contributed by atoms with Crippen molar-refractivity contribution in [3.8, 4) is 11.8 Å². The average Bonchev–Trinajstić information content (AvgIpc) is 3.18. The summed E-state index contributed by atoms with van der Waals surface area (Å²) in [6.45, 7) is 4.26. The molecule has 0 aliphatic carbocycles. The maximum atomic E-state index is 13.0. The molecule has 2 rings (SSSR count). The van der Waals surface area contributed by atoms with E-state index < -0.39 is 43.1 Å². The van der Waals surface area contributed by atoms with Crippen LogP contribution >= 0.6 is 0 Å². The third-order valence-electron chi connectivity index (χ3n) is 4.19. The predicted molar refractivity (Wildman–Crippen MR) is 104 cm³/mol. The molecule has 0 bridgehead atoms. The van der Waals surface area contributed by atoms with Crippen molar-refractivity contribution < 1.29 is 32.4 Å². The van der Waals surface area contributed by atoms with E-state index >= 15 is 0 Å². The summed E-state index contributed by atoms with van der Waals surface area (Å²) in [4.78, 5) is 33.1. The molecule has 0 saturated heterocycles. The molecule has 1 aliphatic rings. The lowest BCUT2D eigenvalue weighted by atomic mass is 9.95. The van der Waals surface area contributed by atoms with Crippen molar-refractivity contribution >= 4 is 27.6 Å². The van der Waals surface area contributed by atoms with Crippen LogP contribution in [0.1, 0.15) is 27.2 Å². The van der Waals surface area contributed by atoms with Crippen LogP contribution in [0.2, 0.25) is 0 Å². The highest BCUT2D eigenvalue weighted by Crippen LogP contribution is 2.34. The summed E-state index contributed by atoms with van der Waals surface area (Å²) >= 11 is 0. The van der Waals surface area contributed by atoms with Crippen LogP contribution in [-0.2, 0) is 29.1 Å². The van der Waals surface area contributed by atoms with E-state index in [1.165, 1.54) is 25.3 Å². The molecule has 0 fully saturated rings. The molecule has 1 unspecified atom stereocenters. The predicted octanol–water partition coefficient (Wildman–Crippen LogP) is 1.76. The van der Waals surface area contributed by atoms with Crippen molar-refractivity contribution in [1.29, 1.82) is 0 Å². The molecular formula is C19H20N2O8S. The summed E-state index contributed by atoms with van der Waals surface area (Å²) in [6.07, 6.45) is 1.36. The van der Waals surface area contributed by atoms with Crippen molar-refractivity contribution in [3.05, 3.63) is 46.2 Å². The third-order valence-corrected chi connectivity index (χ3v) is 6.00. The number of nitro benzene ring substituents is 1. The van der Waals surface area contributed by atoms with E-state index in [9.17, 15) is 28.1 Å². The van der Waals surface area contributed by atoms with Gasteiger partial charge in [0.2, 0.25) is 0 Å². The van der Waals surface area contributed by atoms with Crippen LogP contribution in [0.25, 0.3) is 0 Å². The second-order valence-corrected chi connectivity index (χ2v) is 8.20. The summed E-state index contributed by atoms with van der Waals surface area (Å²) < 4.78 is 36.9. The van der Waals surface area contributed by atoms with E-state index in [0.29, 0.717) is 5.57 Å². The molecule has 10 nitrogen and oxygen atoms in total. The van der Waals surface area contributed by atoms with Gasteiger partial charge in [0.25, 0.3) is 15.7 Å². The van der Waals surface area contributed by atoms with E-state index in [2.05, 4.69) is 11.8 Å². The molecule has 0 radical (unpaired) electrons. The molecule has 1 atom stereocenters. The Morgan fingerprint density at radius 2 is 2.00 bits per heavy atom. The first-order chi connectivity index (χ1) is 14.0. The maximum Gasteiger partial charge on any atom is 0.384 e. The summed E-state index contributed by atoms with van der Waals surface area (Å²) in [5.41, 5.74) is -1.81. The van der Waals surface area contributed by atoms with Gasteiger partial charge in [0, 0.05) is 37.2 Å². The molecule has 160 valence electrons. The molecule has 0 N–H and O–H groups in total. The van der Waals surface area contributed by atoms with Crippen LogP contribution in [-0.4, -0.2) is 48.3 Å². The minimum absolute atomic E-state index is 0.0400. The number of esters is 2. The van der Waals surface area contributed by atoms with E-state index in [0.717, 1.165) is 23.4 Å². The number of hydrogen-bond acceptors (Lipinski definition) is 8. The fourth-order valence-electron chi connectivity index (χ4n) is 2.83. The molecule has 1 aliphatic heterocycles. The zero-order chi connectivity index (χ0) is 22.5. The normalized spacial score (nSPS) is 15.3. The first-order valence-corrected chi connectivity index (χ1v) is 10.3. The van der Waals surface area contributed by atoms with Crippen LogP contribution < -0.4 is 0 Å². The highest BCUT2D eigenvalue weighted by molar-refractivity contribution is 7.89. The molecule has 30 heavy (non-hydrogen) atoms. The smallest absolute Gasteiger partial charge is 0.384 e. The molecular weight excluding hydrogens is 416 g/mol. The number of carbonyl (C=O) groups excluding carboxylic acids is 2. The zero-order valence-electron chi connectivity index (χ0n) is 16.6. The third kappa shape index (κ3) is 4.96. The van der Waals surface area contributed by atoms with Gasteiger partial charge in [0.15, 0.2) is 10.5 Å². The number of ether oxygens (including phenoxy) is 2. The minimum Gasteiger partial charge on any atom is -0.456 e. The SMILES string of the molecule is CCOC(=O)C#CC(C)(OC(C)=O)C1=CN(S(=O)(=O)c2ccccc2[N+](=O)[O-])CC1. The van der Waals surface area contributed by atoms with Gasteiger partial charge in [-0.3, -0.25) is 19.2 Å². The largest absolute Gasteiger partial charge is 0.456 e. The van der Waals surface area contributed by atoms with Gasteiger partial charge in [-0.15, -0.1) is 0 Å². The zero-order valence-corrected chi connectivity index (χ0v) is 17.4. The summed E-state index contributed by atoms with van der Waals surface area (Å²) in [6, 6.07) is 4.99. The standard InChI is InChI=1S/C19H20N2O8S/c1-4-28-18(23)9-11-19(3,29-14(2)22)15-10-12-20(13-15)30(26,27)17-8-6-5-7-16(17)21(24)25/h5-8,13H,4,10,12H2,1-3H3. The van der Waals surface area contributed by atoms with Crippen LogP contribution in [0.5, 0.6) is 0 Å².